The largest absolute Gasteiger partial charge is 0.463 e. The van der Waals surface area contributed by atoms with E-state index in [2.05, 4.69) is 27.1 Å². The summed E-state index contributed by atoms with van der Waals surface area (Å²) in [4.78, 5) is 26.4. The van der Waals surface area contributed by atoms with Crippen molar-refractivity contribution < 1.29 is 9.21 Å². The van der Waals surface area contributed by atoms with Crippen molar-refractivity contribution in [2.24, 2.45) is 16.5 Å². The molecule has 0 aliphatic carbocycles. The predicted molar refractivity (Wildman–Crippen MR) is 94.9 cm³/mol. The summed E-state index contributed by atoms with van der Waals surface area (Å²) >= 11 is 0. The fourth-order valence-corrected chi connectivity index (χ4v) is 2.57. The Bertz CT molecular complexity index is 823. The van der Waals surface area contributed by atoms with Gasteiger partial charge in [0.25, 0.3) is 0 Å². The molecule has 25 heavy (non-hydrogen) atoms. The third kappa shape index (κ3) is 3.60. The van der Waals surface area contributed by atoms with Gasteiger partial charge >= 0.3 is 5.91 Å². The van der Waals surface area contributed by atoms with Gasteiger partial charge in [0, 0.05) is 13.1 Å². The highest BCUT2D eigenvalue weighted by Crippen LogP contribution is 2.30. The molecule has 0 fully saturated rings. The summed E-state index contributed by atoms with van der Waals surface area (Å²) in [7, 11) is 0. The number of nitrogens with two attached hydrogens (primary N) is 3. The number of allylic oxidation sites excluding steroid dienone is 1. The van der Waals surface area contributed by atoms with E-state index in [-0.39, 0.29) is 17.5 Å². The smallest absolute Gasteiger partial charge is 0.302 e. The molecular weight excluding hydrogens is 322 g/mol. The SMILES string of the molecule is NC(N)=NC(=O)c1nc(-c2ccco2)c(N2CC=CCCC2)nc1N. The zero-order valence-corrected chi connectivity index (χ0v) is 13.6. The van der Waals surface area contributed by atoms with Crippen LogP contribution in [0.5, 0.6) is 0 Å². The second-order valence-corrected chi connectivity index (χ2v) is 5.51. The lowest BCUT2D eigenvalue weighted by Crippen LogP contribution is -2.27. The van der Waals surface area contributed by atoms with Crippen LogP contribution < -0.4 is 22.1 Å². The van der Waals surface area contributed by atoms with E-state index in [1.165, 1.54) is 6.26 Å². The predicted octanol–water partition coefficient (Wildman–Crippen LogP) is 0.889. The van der Waals surface area contributed by atoms with E-state index in [0.717, 1.165) is 19.4 Å². The number of carbonyl (C=O) groups is 1. The molecule has 1 amide bonds. The van der Waals surface area contributed by atoms with Crippen LogP contribution in [0.1, 0.15) is 23.3 Å². The summed E-state index contributed by atoms with van der Waals surface area (Å²) in [6, 6.07) is 3.48. The molecule has 2 aromatic rings. The van der Waals surface area contributed by atoms with Crippen LogP contribution in [-0.2, 0) is 0 Å². The Morgan fingerprint density at radius 3 is 2.84 bits per heavy atom. The number of hydrogen-bond acceptors (Lipinski definition) is 6. The number of carbonyl (C=O) groups excluding carboxylic acids is 1. The van der Waals surface area contributed by atoms with E-state index in [1.54, 1.807) is 12.1 Å². The van der Waals surface area contributed by atoms with Gasteiger partial charge in [-0.15, -0.1) is 0 Å². The third-order valence-corrected chi connectivity index (χ3v) is 3.68. The van der Waals surface area contributed by atoms with Crippen LogP contribution in [0.2, 0.25) is 0 Å². The lowest BCUT2D eigenvalue weighted by molar-refractivity contribution is 0.0998. The highest BCUT2D eigenvalue weighted by molar-refractivity contribution is 6.03. The van der Waals surface area contributed by atoms with Gasteiger partial charge in [0.1, 0.15) is 5.69 Å². The summed E-state index contributed by atoms with van der Waals surface area (Å²) < 4.78 is 5.45. The van der Waals surface area contributed by atoms with E-state index in [0.29, 0.717) is 23.8 Å². The van der Waals surface area contributed by atoms with Crippen LogP contribution in [0.25, 0.3) is 11.5 Å². The number of furan rings is 1. The molecule has 1 aliphatic rings. The zero-order valence-electron chi connectivity index (χ0n) is 13.6. The number of aliphatic imine (C=N–C) groups is 1. The first-order valence-corrected chi connectivity index (χ1v) is 7.81. The molecule has 3 rings (SSSR count). The van der Waals surface area contributed by atoms with E-state index in [9.17, 15) is 4.79 Å². The molecule has 6 N–H and O–H groups in total. The number of hydrogen-bond donors (Lipinski definition) is 3. The minimum Gasteiger partial charge on any atom is -0.463 e. The molecule has 9 nitrogen and oxygen atoms in total. The van der Waals surface area contributed by atoms with Crippen LogP contribution in [0.3, 0.4) is 0 Å². The van der Waals surface area contributed by atoms with Crippen LogP contribution in [0.15, 0.2) is 40.0 Å². The Morgan fingerprint density at radius 2 is 2.12 bits per heavy atom. The molecule has 130 valence electrons. The molecule has 0 unspecified atom stereocenters. The first-order chi connectivity index (χ1) is 12.1. The van der Waals surface area contributed by atoms with Crippen LogP contribution in [0.4, 0.5) is 11.6 Å². The third-order valence-electron chi connectivity index (χ3n) is 3.68. The average Bonchev–Trinajstić information content (AvgIpc) is 2.96. The van der Waals surface area contributed by atoms with Crippen molar-refractivity contribution in [2.45, 2.75) is 12.8 Å². The van der Waals surface area contributed by atoms with Crippen LogP contribution >= 0.6 is 0 Å². The van der Waals surface area contributed by atoms with E-state index < -0.39 is 5.91 Å². The van der Waals surface area contributed by atoms with Gasteiger partial charge in [0.05, 0.1) is 6.26 Å². The van der Waals surface area contributed by atoms with Crippen LogP contribution in [-0.4, -0.2) is 34.9 Å². The molecular formula is C16H19N7O2. The number of aromatic nitrogens is 2. The average molecular weight is 341 g/mol. The topological polar surface area (TPSA) is 150 Å². The molecule has 0 radical (unpaired) electrons. The second kappa shape index (κ2) is 7.04. The summed E-state index contributed by atoms with van der Waals surface area (Å²) in [6.45, 7) is 1.46. The normalized spacial score (nSPS) is 14.2. The number of nitrogens with zero attached hydrogens (tertiary/aromatic N) is 4. The number of amides is 1. The lowest BCUT2D eigenvalue weighted by Gasteiger charge is -2.23. The molecule has 0 atom stereocenters. The van der Waals surface area contributed by atoms with Gasteiger partial charge in [-0.3, -0.25) is 4.79 Å². The van der Waals surface area contributed by atoms with E-state index in [1.807, 2.05) is 4.90 Å². The monoisotopic (exact) mass is 341 g/mol. The van der Waals surface area contributed by atoms with Gasteiger partial charge in [-0.05, 0) is 25.0 Å². The standard InChI is InChI=1S/C16H19N7O2/c17-13-12(15(24)22-16(18)19)20-11(10-6-5-9-25-10)14(21-13)23-7-3-1-2-4-8-23/h1,3,5-6,9H,2,4,7-8H2,(H2,17,21)(H4,18,19,22,24). The van der Waals surface area contributed by atoms with Crippen molar-refractivity contribution in [1.29, 1.82) is 0 Å². The number of guanidine groups is 1. The molecule has 0 bridgehead atoms. The summed E-state index contributed by atoms with van der Waals surface area (Å²) in [6.07, 6.45) is 7.69. The van der Waals surface area contributed by atoms with Crippen molar-refractivity contribution in [3.05, 3.63) is 36.2 Å². The molecule has 0 saturated carbocycles. The van der Waals surface area contributed by atoms with Gasteiger partial charge in [-0.1, -0.05) is 12.2 Å². The molecule has 1 aliphatic heterocycles. The Kier molecular flexibility index (Phi) is 4.64. The highest BCUT2D eigenvalue weighted by atomic mass is 16.3. The maximum atomic E-state index is 12.2. The minimum absolute atomic E-state index is 0.0338. The molecule has 0 saturated heterocycles. The summed E-state index contributed by atoms with van der Waals surface area (Å²) in [5.74, 6) is -0.115. The van der Waals surface area contributed by atoms with Crippen LogP contribution in [0, 0.1) is 0 Å². The first-order valence-electron chi connectivity index (χ1n) is 7.81. The fraction of sp³-hybridized carbons (Fsp3) is 0.250. The van der Waals surface area contributed by atoms with Crippen molar-refractivity contribution >= 4 is 23.5 Å². The van der Waals surface area contributed by atoms with E-state index >= 15 is 0 Å². The quantitative estimate of drug-likeness (QED) is 0.423. The van der Waals surface area contributed by atoms with Gasteiger partial charge in [0.2, 0.25) is 0 Å². The Balaban J connectivity index is 2.11. The first kappa shape index (κ1) is 16.5. The van der Waals surface area contributed by atoms with Crippen molar-refractivity contribution in [1.82, 2.24) is 9.97 Å². The van der Waals surface area contributed by atoms with Crippen molar-refractivity contribution in [2.75, 3.05) is 23.7 Å². The van der Waals surface area contributed by atoms with Crippen molar-refractivity contribution in [3.63, 3.8) is 0 Å². The molecule has 0 spiro atoms. The number of rotatable bonds is 3. The maximum Gasteiger partial charge on any atom is 0.302 e. The Morgan fingerprint density at radius 1 is 1.28 bits per heavy atom. The Labute approximate surface area is 144 Å². The Hall–Kier alpha value is -3.36. The van der Waals surface area contributed by atoms with Gasteiger partial charge in [0.15, 0.2) is 29.0 Å². The molecule has 9 heteroatoms. The van der Waals surface area contributed by atoms with Gasteiger partial charge < -0.3 is 26.5 Å². The highest BCUT2D eigenvalue weighted by Gasteiger charge is 2.23. The molecule has 0 aromatic carbocycles. The molecule has 3 heterocycles. The summed E-state index contributed by atoms with van der Waals surface area (Å²) in [5, 5.41) is 0. The fourth-order valence-electron chi connectivity index (χ4n) is 2.57. The zero-order chi connectivity index (χ0) is 17.8. The molecule has 2 aromatic heterocycles. The van der Waals surface area contributed by atoms with E-state index in [4.69, 9.17) is 21.6 Å². The lowest BCUT2D eigenvalue weighted by atomic mass is 10.2. The van der Waals surface area contributed by atoms with Gasteiger partial charge in [-0.2, -0.15) is 4.99 Å². The number of anilines is 2. The van der Waals surface area contributed by atoms with Gasteiger partial charge in [-0.25, -0.2) is 9.97 Å². The second-order valence-electron chi connectivity index (χ2n) is 5.51. The minimum atomic E-state index is -0.750. The maximum absolute atomic E-state index is 12.2. The number of nitrogen functional groups attached to an aromatic ring is 1. The van der Waals surface area contributed by atoms with Crippen molar-refractivity contribution in [3.8, 4) is 11.5 Å². The summed E-state index contributed by atoms with van der Waals surface area (Å²) in [5.41, 5.74) is 16.8.